The Kier molecular flexibility index (Phi) is 5.34. The van der Waals surface area contributed by atoms with E-state index in [4.69, 9.17) is 0 Å². The molecule has 0 bridgehead atoms. The fourth-order valence-electron chi connectivity index (χ4n) is 2.55. The van der Waals surface area contributed by atoms with E-state index in [1.54, 1.807) is 21.6 Å². The maximum absolute atomic E-state index is 12.6. The SMILES string of the molecule is C=CCN(CC=C)C(=O)Cn1c(CO)nc2cc(C)c(C)cc21. The fraction of sp³-hybridized carbons (Fsp3) is 0.333. The molecule has 1 heterocycles. The highest BCUT2D eigenvalue weighted by atomic mass is 16.3. The van der Waals surface area contributed by atoms with Crippen LogP contribution in [0.5, 0.6) is 0 Å². The van der Waals surface area contributed by atoms with Crippen LogP contribution in [-0.4, -0.2) is 38.6 Å². The van der Waals surface area contributed by atoms with Gasteiger partial charge in [-0.1, -0.05) is 12.2 Å². The van der Waals surface area contributed by atoms with Gasteiger partial charge >= 0.3 is 0 Å². The summed E-state index contributed by atoms with van der Waals surface area (Å²) in [5, 5.41) is 9.58. The second kappa shape index (κ2) is 7.24. The summed E-state index contributed by atoms with van der Waals surface area (Å²) in [6.45, 7) is 12.3. The number of carbonyl (C=O) groups is 1. The number of carbonyl (C=O) groups excluding carboxylic acids is 1. The van der Waals surface area contributed by atoms with Crippen LogP contribution in [0.3, 0.4) is 0 Å². The first-order valence-corrected chi connectivity index (χ1v) is 7.58. The number of nitrogens with zero attached hydrogens (tertiary/aromatic N) is 3. The summed E-state index contributed by atoms with van der Waals surface area (Å²) in [6.07, 6.45) is 3.38. The Morgan fingerprint density at radius 2 is 1.87 bits per heavy atom. The first-order valence-electron chi connectivity index (χ1n) is 7.58. The van der Waals surface area contributed by atoms with Crippen molar-refractivity contribution in [3.05, 3.63) is 54.4 Å². The van der Waals surface area contributed by atoms with Crippen molar-refractivity contribution in [2.45, 2.75) is 27.0 Å². The quantitative estimate of drug-likeness (QED) is 0.798. The van der Waals surface area contributed by atoms with Gasteiger partial charge in [-0.3, -0.25) is 4.79 Å². The molecule has 1 amide bonds. The first-order chi connectivity index (χ1) is 11.0. The summed E-state index contributed by atoms with van der Waals surface area (Å²) in [6, 6.07) is 3.99. The zero-order valence-electron chi connectivity index (χ0n) is 13.7. The number of hydrogen-bond acceptors (Lipinski definition) is 3. The minimum Gasteiger partial charge on any atom is -0.388 e. The normalized spacial score (nSPS) is 10.7. The molecule has 1 N–H and O–H groups in total. The zero-order chi connectivity index (χ0) is 17.0. The molecule has 1 aromatic carbocycles. The molecular weight excluding hydrogens is 290 g/mol. The highest BCUT2D eigenvalue weighted by Crippen LogP contribution is 2.21. The molecule has 0 unspecified atom stereocenters. The molecule has 2 aromatic rings. The van der Waals surface area contributed by atoms with Crippen molar-refractivity contribution < 1.29 is 9.90 Å². The van der Waals surface area contributed by atoms with Gasteiger partial charge in [0.15, 0.2) is 0 Å². The van der Waals surface area contributed by atoms with Crippen LogP contribution < -0.4 is 0 Å². The molecule has 0 spiro atoms. The lowest BCUT2D eigenvalue weighted by atomic mass is 10.1. The van der Waals surface area contributed by atoms with Crippen molar-refractivity contribution in [1.82, 2.24) is 14.5 Å². The second-order valence-corrected chi connectivity index (χ2v) is 5.57. The van der Waals surface area contributed by atoms with Gasteiger partial charge in [0.1, 0.15) is 19.0 Å². The molecule has 0 aliphatic heterocycles. The summed E-state index contributed by atoms with van der Waals surface area (Å²) < 4.78 is 1.78. The molecule has 0 aliphatic carbocycles. The maximum Gasteiger partial charge on any atom is 0.243 e. The molecule has 0 saturated heterocycles. The lowest BCUT2D eigenvalue weighted by Gasteiger charge is -2.20. The number of aromatic nitrogens is 2. The number of rotatable bonds is 7. The van der Waals surface area contributed by atoms with Gasteiger partial charge < -0.3 is 14.6 Å². The third kappa shape index (κ3) is 3.51. The monoisotopic (exact) mass is 313 g/mol. The van der Waals surface area contributed by atoms with Crippen LogP contribution in [0.2, 0.25) is 0 Å². The van der Waals surface area contributed by atoms with Gasteiger partial charge in [0.2, 0.25) is 5.91 Å². The Balaban J connectivity index is 2.41. The number of aliphatic hydroxyl groups is 1. The Hall–Kier alpha value is -2.40. The van der Waals surface area contributed by atoms with Gasteiger partial charge in [0.05, 0.1) is 11.0 Å². The highest BCUT2D eigenvalue weighted by Gasteiger charge is 2.17. The largest absolute Gasteiger partial charge is 0.388 e. The molecule has 23 heavy (non-hydrogen) atoms. The summed E-state index contributed by atoms with van der Waals surface area (Å²) in [5.41, 5.74) is 3.93. The van der Waals surface area contributed by atoms with Crippen LogP contribution in [0.1, 0.15) is 17.0 Å². The van der Waals surface area contributed by atoms with Crippen LogP contribution in [0.4, 0.5) is 0 Å². The minimum absolute atomic E-state index is 0.0583. The van der Waals surface area contributed by atoms with E-state index in [0.29, 0.717) is 18.9 Å². The molecule has 5 heteroatoms. The third-order valence-electron chi connectivity index (χ3n) is 3.93. The molecule has 0 aliphatic rings. The molecule has 0 atom stereocenters. The lowest BCUT2D eigenvalue weighted by molar-refractivity contribution is -0.130. The number of fused-ring (bicyclic) bond motifs is 1. The van der Waals surface area contributed by atoms with Crippen LogP contribution in [0.25, 0.3) is 11.0 Å². The Morgan fingerprint density at radius 3 is 2.43 bits per heavy atom. The van der Waals surface area contributed by atoms with Crippen LogP contribution in [-0.2, 0) is 17.9 Å². The number of hydrogen-bond donors (Lipinski definition) is 1. The van der Waals surface area contributed by atoms with Gasteiger partial charge in [-0.15, -0.1) is 13.2 Å². The molecule has 0 fully saturated rings. The van der Waals surface area contributed by atoms with E-state index in [9.17, 15) is 9.90 Å². The minimum atomic E-state index is -0.205. The molecule has 1 aromatic heterocycles. The van der Waals surface area contributed by atoms with Crippen molar-refractivity contribution >= 4 is 16.9 Å². The zero-order valence-corrected chi connectivity index (χ0v) is 13.7. The lowest BCUT2D eigenvalue weighted by Crippen LogP contribution is -2.34. The predicted molar refractivity (Wildman–Crippen MR) is 92.1 cm³/mol. The van der Waals surface area contributed by atoms with Gasteiger partial charge in [-0.2, -0.15) is 0 Å². The molecule has 2 rings (SSSR count). The highest BCUT2D eigenvalue weighted by molar-refractivity contribution is 5.82. The van der Waals surface area contributed by atoms with Crippen molar-refractivity contribution in [3.8, 4) is 0 Å². The van der Waals surface area contributed by atoms with Gasteiger partial charge in [-0.25, -0.2) is 4.98 Å². The number of aliphatic hydroxyl groups excluding tert-OH is 1. The molecule has 122 valence electrons. The molecule has 0 saturated carbocycles. The van der Waals surface area contributed by atoms with E-state index in [1.807, 2.05) is 26.0 Å². The Bertz CT molecular complexity index is 736. The average molecular weight is 313 g/mol. The standard InChI is InChI=1S/C18H23N3O2/c1-5-7-20(8-6-2)18(23)11-21-16-10-14(4)13(3)9-15(16)19-17(21)12-22/h5-6,9-10,22H,1-2,7-8,11-12H2,3-4H3. The van der Waals surface area contributed by atoms with E-state index in [0.717, 1.165) is 22.2 Å². The van der Waals surface area contributed by atoms with E-state index >= 15 is 0 Å². The van der Waals surface area contributed by atoms with Gasteiger partial charge in [-0.05, 0) is 37.1 Å². The Morgan fingerprint density at radius 1 is 1.26 bits per heavy atom. The van der Waals surface area contributed by atoms with Crippen molar-refractivity contribution in [2.75, 3.05) is 13.1 Å². The van der Waals surface area contributed by atoms with Gasteiger partial charge in [0.25, 0.3) is 0 Å². The van der Waals surface area contributed by atoms with Crippen LogP contribution in [0, 0.1) is 13.8 Å². The number of imidazole rings is 1. The summed E-state index contributed by atoms with van der Waals surface area (Å²) in [4.78, 5) is 18.7. The van der Waals surface area contributed by atoms with Crippen LogP contribution >= 0.6 is 0 Å². The Labute approximate surface area is 136 Å². The third-order valence-corrected chi connectivity index (χ3v) is 3.93. The fourth-order valence-corrected chi connectivity index (χ4v) is 2.55. The predicted octanol–water partition coefficient (Wildman–Crippen LogP) is 2.35. The second-order valence-electron chi connectivity index (χ2n) is 5.57. The number of amides is 1. The van der Waals surface area contributed by atoms with E-state index in [1.165, 1.54) is 0 Å². The molecular formula is C18H23N3O2. The topological polar surface area (TPSA) is 58.4 Å². The summed E-state index contributed by atoms with van der Waals surface area (Å²) in [7, 11) is 0. The smallest absolute Gasteiger partial charge is 0.243 e. The first kappa shape index (κ1) is 17.0. The number of benzene rings is 1. The average Bonchev–Trinajstić information content (AvgIpc) is 2.84. The van der Waals surface area contributed by atoms with Crippen LogP contribution in [0.15, 0.2) is 37.4 Å². The van der Waals surface area contributed by atoms with Crippen molar-refractivity contribution in [3.63, 3.8) is 0 Å². The number of aryl methyl sites for hydroxylation is 2. The summed E-state index contributed by atoms with van der Waals surface area (Å²) >= 11 is 0. The van der Waals surface area contributed by atoms with Crippen molar-refractivity contribution in [2.24, 2.45) is 0 Å². The van der Waals surface area contributed by atoms with Crippen molar-refractivity contribution in [1.29, 1.82) is 0 Å². The summed E-state index contributed by atoms with van der Waals surface area (Å²) in [5.74, 6) is 0.438. The maximum atomic E-state index is 12.6. The van der Waals surface area contributed by atoms with E-state index in [-0.39, 0.29) is 19.1 Å². The molecule has 5 nitrogen and oxygen atoms in total. The van der Waals surface area contributed by atoms with E-state index in [2.05, 4.69) is 18.1 Å². The molecule has 0 radical (unpaired) electrons. The van der Waals surface area contributed by atoms with E-state index < -0.39 is 0 Å². The van der Waals surface area contributed by atoms with Gasteiger partial charge in [0, 0.05) is 13.1 Å².